The summed E-state index contributed by atoms with van der Waals surface area (Å²) in [6, 6.07) is 11.7. The van der Waals surface area contributed by atoms with Gasteiger partial charge in [-0.1, -0.05) is 23.8 Å². The number of rotatable bonds is 5. The molecule has 0 N–H and O–H groups in total. The Morgan fingerprint density at radius 2 is 1.96 bits per heavy atom. The molecule has 0 amide bonds. The Kier molecular flexibility index (Phi) is 5.09. The molecule has 0 spiro atoms. The lowest BCUT2D eigenvalue weighted by Crippen LogP contribution is -2.09. The van der Waals surface area contributed by atoms with Gasteiger partial charge in [0.1, 0.15) is 0 Å². The zero-order valence-corrected chi connectivity index (χ0v) is 12.7. The summed E-state index contributed by atoms with van der Waals surface area (Å²) in [6.45, 7) is 1.88. The molecule has 118 valence electrons. The van der Waals surface area contributed by atoms with E-state index < -0.39 is 10.9 Å². The molecule has 0 radical (unpaired) electrons. The molecule has 0 heterocycles. The van der Waals surface area contributed by atoms with Crippen LogP contribution < -0.4 is 9.47 Å². The molecule has 0 saturated heterocycles. The van der Waals surface area contributed by atoms with Crippen LogP contribution >= 0.6 is 0 Å². The first kappa shape index (κ1) is 16.2. The molecule has 0 aromatic heterocycles. The van der Waals surface area contributed by atoms with Gasteiger partial charge in [-0.15, -0.1) is 0 Å². The van der Waals surface area contributed by atoms with E-state index in [0.29, 0.717) is 16.9 Å². The molecule has 2 aromatic carbocycles. The number of ether oxygens (including phenoxy) is 2. The smallest absolute Gasteiger partial charge is 0.343 e. The van der Waals surface area contributed by atoms with Gasteiger partial charge < -0.3 is 9.47 Å². The van der Waals surface area contributed by atoms with Crippen LogP contribution in [0.15, 0.2) is 48.7 Å². The van der Waals surface area contributed by atoms with Gasteiger partial charge >= 0.3 is 5.97 Å². The summed E-state index contributed by atoms with van der Waals surface area (Å²) >= 11 is 0. The standard InChI is InChI=1S/C17H15NO5/c1-12-4-3-5-14(10-12)17(19)23-15-7-6-13(8-9-18(20)21)11-16(15)22-2/h3-11H,1-2H3/b9-8-. The number of aryl methyl sites for hydroxylation is 1. The number of carbonyl (C=O) groups is 1. The number of hydrogen-bond acceptors (Lipinski definition) is 5. The van der Waals surface area contributed by atoms with Crippen molar-refractivity contribution in [1.82, 2.24) is 0 Å². The molecule has 0 bridgehead atoms. The van der Waals surface area contributed by atoms with Gasteiger partial charge in [0, 0.05) is 6.08 Å². The molecule has 0 aliphatic heterocycles. The number of nitrogens with zero attached hydrogens (tertiary/aromatic N) is 1. The second kappa shape index (κ2) is 7.22. The lowest BCUT2D eigenvalue weighted by atomic mass is 10.1. The van der Waals surface area contributed by atoms with Crippen molar-refractivity contribution in [3.05, 3.63) is 75.5 Å². The first-order chi connectivity index (χ1) is 11.0. The highest BCUT2D eigenvalue weighted by molar-refractivity contribution is 5.91. The van der Waals surface area contributed by atoms with Crippen LogP contribution in [0.2, 0.25) is 0 Å². The third kappa shape index (κ3) is 4.41. The number of esters is 1. The molecule has 6 nitrogen and oxygen atoms in total. The summed E-state index contributed by atoms with van der Waals surface area (Å²) in [4.78, 5) is 21.9. The predicted octanol–water partition coefficient (Wildman–Crippen LogP) is 3.47. The molecule has 0 atom stereocenters. The van der Waals surface area contributed by atoms with Crippen molar-refractivity contribution in [3.8, 4) is 11.5 Å². The Bertz CT molecular complexity index is 767. The van der Waals surface area contributed by atoms with E-state index in [0.717, 1.165) is 11.8 Å². The lowest BCUT2D eigenvalue weighted by Gasteiger charge is -2.10. The Labute approximate surface area is 133 Å². The Balaban J connectivity index is 2.22. The van der Waals surface area contributed by atoms with E-state index in [1.165, 1.54) is 19.3 Å². The average Bonchev–Trinajstić information content (AvgIpc) is 2.53. The molecule has 0 fully saturated rings. The zero-order valence-electron chi connectivity index (χ0n) is 12.7. The summed E-state index contributed by atoms with van der Waals surface area (Å²) in [6.07, 6.45) is 2.15. The fraction of sp³-hybridized carbons (Fsp3) is 0.118. The molecule has 0 aliphatic rings. The van der Waals surface area contributed by atoms with Crippen molar-refractivity contribution in [2.24, 2.45) is 0 Å². The van der Waals surface area contributed by atoms with Crippen LogP contribution in [0.3, 0.4) is 0 Å². The van der Waals surface area contributed by atoms with Crippen molar-refractivity contribution < 1.29 is 19.2 Å². The predicted molar refractivity (Wildman–Crippen MR) is 85.2 cm³/mol. The molecular formula is C17H15NO5. The third-order valence-corrected chi connectivity index (χ3v) is 3.03. The maximum Gasteiger partial charge on any atom is 0.343 e. The van der Waals surface area contributed by atoms with Crippen LogP contribution in [0.5, 0.6) is 11.5 Å². The van der Waals surface area contributed by atoms with Crippen molar-refractivity contribution in [1.29, 1.82) is 0 Å². The van der Waals surface area contributed by atoms with E-state index in [2.05, 4.69) is 0 Å². The van der Waals surface area contributed by atoms with Gasteiger partial charge in [0.25, 0.3) is 0 Å². The largest absolute Gasteiger partial charge is 0.493 e. The number of carbonyl (C=O) groups excluding carboxylic acids is 1. The first-order valence-corrected chi connectivity index (χ1v) is 6.78. The highest BCUT2D eigenvalue weighted by atomic mass is 16.6. The molecule has 2 aromatic rings. The molecule has 0 aliphatic carbocycles. The number of benzene rings is 2. The fourth-order valence-corrected chi connectivity index (χ4v) is 1.95. The highest BCUT2D eigenvalue weighted by Crippen LogP contribution is 2.29. The summed E-state index contributed by atoms with van der Waals surface area (Å²) in [5, 5.41) is 10.3. The Hall–Kier alpha value is -3.15. The third-order valence-electron chi connectivity index (χ3n) is 3.03. The topological polar surface area (TPSA) is 78.7 Å². The SMILES string of the molecule is COc1cc(/C=C\[N+](=O)[O-])ccc1OC(=O)c1cccc(C)c1. The second-order valence-electron chi connectivity index (χ2n) is 4.77. The maximum atomic E-state index is 12.2. The van der Waals surface area contributed by atoms with Crippen molar-refractivity contribution in [3.63, 3.8) is 0 Å². The molecule has 0 unspecified atom stereocenters. The molecule has 0 saturated carbocycles. The van der Waals surface area contributed by atoms with Crippen molar-refractivity contribution in [2.75, 3.05) is 7.11 Å². The number of nitro groups is 1. The monoisotopic (exact) mass is 313 g/mol. The molecule has 6 heteroatoms. The summed E-state index contributed by atoms with van der Waals surface area (Å²) < 4.78 is 10.5. The van der Waals surface area contributed by atoms with E-state index in [-0.39, 0.29) is 5.75 Å². The molecular weight excluding hydrogens is 298 g/mol. The molecule has 2 rings (SSSR count). The summed E-state index contributed by atoms with van der Waals surface area (Å²) in [5.74, 6) is 0.0642. The Morgan fingerprint density at radius 3 is 2.61 bits per heavy atom. The minimum absolute atomic E-state index is 0.247. The van der Waals surface area contributed by atoms with E-state index in [9.17, 15) is 14.9 Å². The maximum absolute atomic E-state index is 12.2. The van der Waals surface area contributed by atoms with E-state index in [4.69, 9.17) is 9.47 Å². The normalized spacial score (nSPS) is 10.5. The van der Waals surface area contributed by atoms with Gasteiger partial charge in [0.05, 0.1) is 17.6 Å². The van der Waals surface area contributed by atoms with Gasteiger partial charge in [-0.05, 0) is 36.8 Å². The van der Waals surface area contributed by atoms with E-state index in [1.807, 2.05) is 13.0 Å². The van der Waals surface area contributed by atoms with Gasteiger partial charge in [0.2, 0.25) is 6.20 Å². The van der Waals surface area contributed by atoms with E-state index in [1.54, 1.807) is 30.3 Å². The van der Waals surface area contributed by atoms with Gasteiger partial charge in [-0.2, -0.15) is 0 Å². The number of methoxy groups -OCH3 is 1. The number of hydrogen-bond donors (Lipinski definition) is 0. The second-order valence-corrected chi connectivity index (χ2v) is 4.77. The van der Waals surface area contributed by atoms with Crippen LogP contribution in [0.25, 0.3) is 6.08 Å². The van der Waals surface area contributed by atoms with Gasteiger partial charge in [-0.25, -0.2) is 4.79 Å². The van der Waals surface area contributed by atoms with Crippen LogP contribution in [0, 0.1) is 17.0 Å². The van der Waals surface area contributed by atoms with E-state index >= 15 is 0 Å². The minimum atomic E-state index is -0.557. The van der Waals surface area contributed by atoms with Gasteiger partial charge in [0.15, 0.2) is 11.5 Å². The Morgan fingerprint density at radius 1 is 1.17 bits per heavy atom. The van der Waals surface area contributed by atoms with Crippen molar-refractivity contribution >= 4 is 12.0 Å². The van der Waals surface area contributed by atoms with Crippen LogP contribution in [-0.4, -0.2) is 18.0 Å². The fourth-order valence-electron chi connectivity index (χ4n) is 1.95. The van der Waals surface area contributed by atoms with Crippen molar-refractivity contribution in [2.45, 2.75) is 6.92 Å². The summed E-state index contributed by atoms with van der Waals surface area (Å²) in [7, 11) is 1.43. The minimum Gasteiger partial charge on any atom is -0.493 e. The highest BCUT2D eigenvalue weighted by Gasteiger charge is 2.13. The van der Waals surface area contributed by atoms with Crippen LogP contribution in [-0.2, 0) is 0 Å². The quantitative estimate of drug-likeness (QED) is 0.365. The lowest BCUT2D eigenvalue weighted by molar-refractivity contribution is -0.400. The summed E-state index contributed by atoms with van der Waals surface area (Å²) in [5.41, 5.74) is 1.95. The van der Waals surface area contributed by atoms with Crippen LogP contribution in [0.1, 0.15) is 21.5 Å². The van der Waals surface area contributed by atoms with Crippen LogP contribution in [0.4, 0.5) is 0 Å². The molecule has 23 heavy (non-hydrogen) atoms. The van der Waals surface area contributed by atoms with Gasteiger partial charge in [-0.3, -0.25) is 10.1 Å². The first-order valence-electron chi connectivity index (χ1n) is 6.78. The zero-order chi connectivity index (χ0) is 16.8. The average molecular weight is 313 g/mol.